The van der Waals surface area contributed by atoms with Gasteiger partial charge in [0.25, 0.3) is 5.69 Å². The molecule has 0 saturated carbocycles. The molecule has 0 aliphatic rings. The number of rotatable bonds is 6. The maximum Gasteiger partial charge on any atom is 0.285 e. The standard InChI is InChI=1S/C13H18BrN3O3/c1-8(2)5-9(7-15)13(18)16-10-3-4-11(14)12(6-10)17(19)20/h3-4,6,8-9H,5,7,15H2,1-2H3,(H,16,18). The number of nitro benzene ring substituents is 1. The summed E-state index contributed by atoms with van der Waals surface area (Å²) in [6.45, 7) is 4.28. The molecule has 0 heterocycles. The molecule has 1 amide bonds. The van der Waals surface area contributed by atoms with Crippen LogP contribution in [-0.4, -0.2) is 17.4 Å². The van der Waals surface area contributed by atoms with Crippen LogP contribution in [0.2, 0.25) is 0 Å². The molecule has 7 heteroatoms. The lowest BCUT2D eigenvalue weighted by molar-refractivity contribution is -0.385. The maximum atomic E-state index is 12.1. The molecule has 0 aromatic heterocycles. The van der Waals surface area contributed by atoms with E-state index >= 15 is 0 Å². The van der Waals surface area contributed by atoms with Crippen LogP contribution in [0.15, 0.2) is 22.7 Å². The molecule has 1 atom stereocenters. The van der Waals surface area contributed by atoms with Gasteiger partial charge in [-0.05, 0) is 40.4 Å². The van der Waals surface area contributed by atoms with Gasteiger partial charge in [0.15, 0.2) is 0 Å². The van der Waals surface area contributed by atoms with E-state index in [4.69, 9.17) is 5.73 Å². The number of amides is 1. The highest BCUT2D eigenvalue weighted by Crippen LogP contribution is 2.28. The average Bonchev–Trinajstić information content (AvgIpc) is 2.37. The topological polar surface area (TPSA) is 98.3 Å². The normalized spacial score (nSPS) is 12.2. The summed E-state index contributed by atoms with van der Waals surface area (Å²) < 4.78 is 0.373. The van der Waals surface area contributed by atoms with Gasteiger partial charge in [-0.1, -0.05) is 13.8 Å². The Balaban J connectivity index is 2.84. The van der Waals surface area contributed by atoms with Crippen LogP contribution in [0.25, 0.3) is 0 Å². The second-order valence-electron chi connectivity index (χ2n) is 4.97. The number of nitrogens with one attached hydrogen (secondary N) is 1. The van der Waals surface area contributed by atoms with Crippen molar-refractivity contribution in [3.8, 4) is 0 Å². The van der Waals surface area contributed by atoms with Gasteiger partial charge in [-0.2, -0.15) is 0 Å². The molecule has 110 valence electrons. The fraction of sp³-hybridized carbons (Fsp3) is 0.462. The zero-order valence-corrected chi connectivity index (χ0v) is 13.0. The summed E-state index contributed by atoms with van der Waals surface area (Å²) in [5.74, 6) is -0.149. The van der Waals surface area contributed by atoms with Gasteiger partial charge < -0.3 is 11.1 Å². The molecule has 20 heavy (non-hydrogen) atoms. The van der Waals surface area contributed by atoms with E-state index in [-0.39, 0.29) is 24.1 Å². The van der Waals surface area contributed by atoms with Crippen LogP contribution in [0.4, 0.5) is 11.4 Å². The molecule has 3 N–H and O–H groups in total. The Bertz CT molecular complexity index is 506. The number of halogens is 1. The van der Waals surface area contributed by atoms with E-state index in [1.165, 1.54) is 12.1 Å². The second-order valence-corrected chi connectivity index (χ2v) is 5.83. The van der Waals surface area contributed by atoms with Crippen molar-refractivity contribution in [3.05, 3.63) is 32.8 Å². The Kier molecular flexibility index (Phi) is 6.09. The quantitative estimate of drug-likeness (QED) is 0.612. The third kappa shape index (κ3) is 4.57. The van der Waals surface area contributed by atoms with Gasteiger partial charge >= 0.3 is 0 Å². The van der Waals surface area contributed by atoms with E-state index in [2.05, 4.69) is 21.2 Å². The van der Waals surface area contributed by atoms with E-state index < -0.39 is 4.92 Å². The number of hydrogen-bond donors (Lipinski definition) is 2. The molecule has 0 fully saturated rings. The summed E-state index contributed by atoms with van der Waals surface area (Å²) in [6, 6.07) is 4.47. The molecule has 1 rings (SSSR count). The van der Waals surface area contributed by atoms with E-state index in [1.54, 1.807) is 6.07 Å². The molecule has 0 radical (unpaired) electrons. The number of anilines is 1. The smallest absolute Gasteiger partial charge is 0.285 e. The Morgan fingerprint density at radius 3 is 2.65 bits per heavy atom. The predicted molar refractivity (Wildman–Crippen MR) is 81.4 cm³/mol. The van der Waals surface area contributed by atoms with Crippen molar-refractivity contribution in [2.24, 2.45) is 17.6 Å². The number of carbonyl (C=O) groups excluding carboxylic acids is 1. The maximum absolute atomic E-state index is 12.1. The number of nitro groups is 1. The summed E-state index contributed by atoms with van der Waals surface area (Å²) in [4.78, 5) is 22.4. The van der Waals surface area contributed by atoms with Crippen LogP contribution in [0, 0.1) is 22.0 Å². The number of nitrogens with two attached hydrogens (primary N) is 1. The van der Waals surface area contributed by atoms with Gasteiger partial charge in [0.1, 0.15) is 0 Å². The van der Waals surface area contributed by atoms with Gasteiger partial charge in [0, 0.05) is 18.3 Å². The molecule has 0 aliphatic carbocycles. The van der Waals surface area contributed by atoms with Crippen molar-refractivity contribution in [1.82, 2.24) is 0 Å². The monoisotopic (exact) mass is 343 g/mol. The van der Waals surface area contributed by atoms with Crippen LogP contribution in [-0.2, 0) is 4.79 Å². The minimum atomic E-state index is -0.506. The van der Waals surface area contributed by atoms with Crippen LogP contribution in [0.1, 0.15) is 20.3 Å². The van der Waals surface area contributed by atoms with Crippen LogP contribution < -0.4 is 11.1 Å². The zero-order valence-electron chi connectivity index (χ0n) is 11.4. The van der Waals surface area contributed by atoms with Crippen molar-refractivity contribution in [2.45, 2.75) is 20.3 Å². The molecular weight excluding hydrogens is 326 g/mol. The lowest BCUT2D eigenvalue weighted by Crippen LogP contribution is -2.30. The van der Waals surface area contributed by atoms with Crippen LogP contribution in [0.5, 0.6) is 0 Å². The Morgan fingerprint density at radius 2 is 2.15 bits per heavy atom. The van der Waals surface area contributed by atoms with Crippen molar-refractivity contribution < 1.29 is 9.72 Å². The molecular formula is C13H18BrN3O3. The summed E-state index contributed by atoms with van der Waals surface area (Å²) in [5.41, 5.74) is 5.91. The largest absolute Gasteiger partial charge is 0.330 e. The Hall–Kier alpha value is -1.47. The van der Waals surface area contributed by atoms with Gasteiger partial charge in [0.2, 0.25) is 5.91 Å². The molecule has 0 aliphatic heterocycles. The molecule has 6 nitrogen and oxygen atoms in total. The van der Waals surface area contributed by atoms with Crippen molar-refractivity contribution >= 4 is 33.2 Å². The van der Waals surface area contributed by atoms with Crippen molar-refractivity contribution in [2.75, 3.05) is 11.9 Å². The first-order valence-electron chi connectivity index (χ1n) is 6.30. The van der Waals surface area contributed by atoms with Gasteiger partial charge in [0.05, 0.1) is 15.3 Å². The molecule has 0 saturated heterocycles. The Morgan fingerprint density at radius 1 is 1.50 bits per heavy atom. The third-order valence-corrected chi connectivity index (χ3v) is 3.49. The van der Waals surface area contributed by atoms with E-state index in [0.29, 0.717) is 22.5 Å². The van der Waals surface area contributed by atoms with E-state index in [1.807, 2.05) is 13.8 Å². The summed E-state index contributed by atoms with van der Waals surface area (Å²) in [5, 5.41) is 13.5. The highest BCUT2D eigenvalue weighted by Gasteiger charge is 2.19. The molecule has 1 aromatic carbocycles. The molecule has 1 unspecified atom stereocenters. The number of carbonyl (C=O) groups is 1. The lowest BCUT2D eigenvalue weighted by atomic mass is 9.96. The highest BCUT2D eigenvalue weighted by atomic mass is 79.9. The first-order valence-corrected chi connectivity index (χ1v) is 7.09. The number of nitrogens with zero attached hydrogens (tertiary/aromatic N) is 1. The van der Waals surface area contributed by atoms with Gasteiger partial charge in [-0.3, -0.25) is 14.9 Å². The second kappa shape index (κ2) is 7.35. The van der Waals surface area contributed by atoms with E-state index in [9.17, 15) is 14.9 Å². The van der Waals surface area contributed by atoms with Crippen LogP contribution in [0.3, 0.4) is 0 Å². The molecule has 0 spiro atoms. The minimum Gasteiger partial charge on any atom is -0.330 e. The highest BCUT2D eigenvalue weighted by molar-refractivity contribution is 9.10. The Labute approximate surface area is 126 Å². The average molecular weight is 344 g/mol. The first kappa shape index (κ1) is 16.6. The molecule has 1 aromatic rings. The predicted octanol–water partition coefficient (Wildman–Crippen LogP) is 2.92. The van der Waals surface area contributed by atoms with E-state index in [0.717, 1.165) is 0 Å². The van der Waals surface area contributed by atoms with Gasteiger partial charge in [-0.15, -0.1) is 0 Å². The fourth-order valence-electron chi connectivity index (χ4n) is 1.85. The lowest BCUT2D eigenvalue weighted by Gasteiger charge is -2.16. The summed E-state index contributed by atoms with van der Waals surface area (Å²) in [7, 11) is 0. The fourth-order valence-corrected chi connectivity index (χ4v) is 2.25. The van der Waals surface area contributed by atoms with Crippen molar-refractivity contribution in [3.63, 3.8) is 0 Å². The summed E-state index contributed by atoms with van der Waals surface area (Å²) in [6.07, 6.45) is 0.682. The number of benzene rings is 1. The minimum absolute atomic E-state index is 0.0871. The SMILES string of the molecule is CC(C)CC(CN)C(=O)Nc1ccc(Br)c([N+](=O)[O-])c1. The first-order chi connectivity index (χ1) is 9.35. The zero-order chi connectivity index (χ0) is 15.3. The third-order valence-electron chi connectivity index (χ3n) is 2.82. The summed E-state index contributed by atoms with van der Waals surface area (Å²) >= 11 is 3.10. The number of hydrogen-bond acceptors (Lipinski definition) is 4. The van der Waals surface area contributed by atoms with Gasteiger partial charge in [-0.25, -0.2) is 0 Å². The van der Waals surface area contributed by atoms with Crippen LogP contribution >= 0.6 is 15.9 Å². The van der Waals surface area contributed by atoms with Crippen molar-refractivity contribution in [1.29, 1.82) is 0 Å². The molecule has 0 bridgehead atoms.